The summed E-state index contributed by atoms with van der Waals surface area (Å²) in [6.45, 7) is 0.797. The summed E-state index contributed by atoms with van der Waals surface area (Å²) in [4.78, 5) is 18.8. The van der Waals surface area contributed by atoms with Crippen LogP contribution in [0.1, 0.15) is 28.6 Å². The summed E-state index contributed by atoms with van der Waals surface area (Å²) in [5.74, 6) is -0.654. The Labute approximate surface area is 215 Å². The van der Waals surface area contributed by atoms with Gasteiger partial charge in [0.2, 0.25) is 6.41 Å². The second-order valence-corrected chi connectivity index (χ2v) is 8.88. The summed E-state index contributed by atoms with van der Waals surface area (Å²) >= 11 is 0. The molecule has 3 heterocycles. The van der Waals surface area contributed by atoms with Crippen LogP contribution in [0.25, 0.3) is 22.2 Å². The summed E-state index contributed by atoms with van der Waals surface area (Å²) in [6, 6.07) is 12.9. The molecular formula is C27H24F4N4O3. The van der Waals surface area contributed by atoms with Crippen molar-refractivity contribution in [1.82, 2.24) is 14.9 Å². The molecule has 198 valence electrons. The van der Waals surface area contributed by atoms with E-state index in [2.05, 4.69) is 20.6 Å². The Morgan fingerprint density at radius 3 is 2.32 bits per heavy atom. The average molecular weight is 529 g/mol. The molecule has 1 aliphatic heterocycles. The van der Waals surface area contributed by atoms with Crippen molar-refractivity contribution in [2.75, 3.05) is 13.6 Å². The van der Waals surface area contributed by atoms with Gasteiger partial charge < -0.3 is 15.9 Å². The van der Waals surface area contributed by atoms with E-state index in [1.807, 2.05) is 13.1 Å². The summed E-state index contributed by atoms with van der Waals surface area (Å²) in [5.41, 5.74) is 6.09. The van der Waals surface area contributed by atoms with Crippen molar-refractivity contribution in [1.29, 1.82) is 0 Å². The first kappa shape index (κ1) is 26.8. The van der Waals surface area contributed by atoms with Crippen LogP contribution in [0.2, 0.25) is 0 Å². The molecule has 1 amide bonds. The third-order valence-electron chi connectivity index (χ3n) is 6.20. The van der Waals surface area contributed by atoms with E-state index in [-0.39, 0.29) is 35.3 Å². The lowest BCUT2D eigenvalue weighted by Gasteiger charge is -2.13. The number of aromatic nitrogens is 2. The molecule has 7 nitrogen and oxygen atoms in total. The van der Waals surface area contributed by atoms with Gasteiger partial charge >= 0.3 is 6.18 Å². The van der Waals surface area contributed by atoms with Crippen molar-refractivity contribution in [3.63, 3.8) is 0 Å². The second kappa shape index (κ2) is 10.6. The van der Waals surface area contributed by atoms with E-state index < -0.39 is 11.9 Å². The Morgan fingerprint density at radius 1 is 1.05 bits per heavy atom. The number of carbonyl (C=O) groups excluding carboxylic acids is 1. The average Bonchev–Trinajstić information content (AvgIpc) is 3.60. The van der Waals surface area contributed by atoms with Gasteiger partial charge in [-0.1, -0.05) is 6.07 Å². The highest BCUT2D eigenvalue weighted by Gasteiger charge is 2.35. The monoisotopic (exact) mass is 528 g/mol. The maximum Gasteiger partial charge on any atom is 0.433 e. The van der Waals surface area contributed by atoms with Gasteiger partial charge in [-0.3, -0.25) is 9.69 Å². The molecular weight excluding hydrogens is 504 g/mol. The van der Waals surface area contributed by atoms with Crippen LogP contribution < -0.4 is 5.73 Å². The predicted octanol–water partition coefficient (Wildman–Crippen LogP) is 4.74. The number of aryl methyl sites for hydroxylation is 2. The van der Waals surface area contributed by atoms with Crippen LogP contribution in [-0.4, -0.2) is 45.1 Å². The number of rotatable bonds is 5. The first-order valence-electron chi connectivity index (χ1n) is 11.6. The van der Waals surface area contributed by atoms with Crippen molar-refractivity contribution in [3.8, 4) is 22.8 Å². The highest BCUT2D eigenvalue weighted by molar-refractivity contribution is 5.85. The number of alkyl halides is 3. The van der Waals surface area contributed by atoms with Gasteiger partial charge in [0.05, 0.1) is 6.04 Å². The maximum absolute atomic E-state index is 13.4. The zero-order valence-corrected chi connectivity index (χ0v) is 20.2. The number of phenols is 1. The standard InChI is InChI=1S/C26H21F4N3O2.CH3NO/c1-33-13-20(33)19-12-18(31-24(25(19)35)15-3-6-17(27)7-4-15)8-2-14-10-16-5-9-22(26(28,29)30)32-23(16)21(34)11-14;2-1-3/h3-7,9-12,20,34-35H,2,8,13H2,1H3;1H,(H2,2,3). The van der Waals surface area contributed by atoms with E-state index in [9.17, 15) is 27.8 Å². The molecule has 0 bridgehead atoms. The molecule has 2 unspecified atom stereocenters. The molecule has 4 aromatic rings. The lowest BCUT2D eigenvalue weighted by atomic mass is 10.0. The number of hydrogen-bond acceptors (Lipinski definition) is 6. The number of hydrogen-bond donors (Lipinski definition) is 3. The minimum absolute atomic E-state index is 0.0598. The lowest BCUT2D eigenvalue weighted by molar-refractivity contribution is -0.141. The quantitative estimate of drug-likeness (QED) is 0.196. The normalized spacial score (nSPS) is 16.6. The summed E-state index contributed by atoms with van der Waals surface area (Å²) in [7, 11) is 1.94. The molecule has 0 radical (unpaired) electrons. The Kier molecular flexibility index (Phi) is 7.49. The minimum Gasteiger partial charge on any atom is -0.506 e. The second-order valence-electron chi connectivity index (χ2n) is 8.88. The fraction of sp³-hybridized carbons (Fsp3) is 0.222. The number of phenolic OH excluding ortho intramolecular Hbond substituents is 1. The zero-order valence-electron chi connectivity index (χ0n) is 20.2. The van der Waals surface area contributed by atoms with Crippen molar-refractivity contribution in [2.24, 2.45) is 5.73 Å². The highest BCUT2D eigenvalue weighted by Crippen LogP contribution is 2.42. The first-order chi connectivity index (χ1) is 18.0. The number of carbonyl (C=O) groups is 1. The number of nitrogens with zero attached hydrogens (tertiary/aromatic N) is 3. The van der Waals surface area contributed by atoms with Gasteiger partial charge in [-0.2, -0.15) is 13.2 Å². The van der Waals surface area contributed by atoms with Crippen LogP contribution in [0.5, 0.6) is 11.5 Å². The Morgan fingerprint density at radius 2 is 1.71 bits per heavy atom. The maximum atomic E-state index is 13.4. The predicted molar refractivity (Wildman–Crippen MR) is 133 cm³/mol. The van der Waals surface area contributed by atoms with Gasteiger partial charge in [0.25, 0.3) is 0 Å². The largest absolute Gasteiger partial charge is 0.506 e. The van der Waals surface area contributed by atoms with Crippen LogP contribution in [0.15, 0.2) is 54.6 Å². The number of aromatic hydroxyl groups is 2. The summed E-state index contributed by atoms with van der Waals surface area (Å²) < 4.78 is 52.3. The van der Waals surface area contributed by atoms with Crippen molar-refractivity contribution >= 4 is 17.3 Å². The fourth-order valence-corrected chi connectivity index (χ4v) is 4.22. The van der Waals surface area contributed by atoms with Crippen LogP contribution in [0.3, 0.4) is 0 Å². The van der Waals surface area contributed by atoms with Crippen LogP contribution >= 0.6 is 0 Å². The molecule has 2 aromatic heterocycles. The van der Waals surface area contributed by atoms with Crippen molar-refractivity contribution < 1.29 is 32.6 Å². The third kappa shape index (κ3) is 5.83. The lowest BCUT2D eigenvalue weighted by Crippen LogP contribution is -2.07. The van der Waals surface area contributed by atoms with Crippen LogP contribution in [0.4, 0.5) is 17.6 Å². The Hall–Kier alpha value is -4.25. The number of nitrogens with two attached hydrogens (primary N) is 1. The zero-order chi connectivity index (χ0) is 27.6. The summed E-state index contributed by atoms with van der Waals surface area (Å²) in [5, 5.41) is 21.6. The molecule has 1 saturated heterocycles. The van der Waals surface area contributed by atoms with Gasteiger partial charge in [0.15, 0.2) is 0 Å². The number of pyridine rings is 2. The van der Waals surface area contributed by atoms with Crippen LogP contribution in [0, 0.1) is 5.82 Å². The molecule has 1 aliphatic rings. The van der Waals surface area contributed by atoms with Crippen LogP contribution in [-0.2, 0) is 23.8 Å². The molecule has 5 rings (SSSR count). The van der Waals surface area contributed by atoms with E-state index in [4.69, 9.17) is 4.79 Å². The van der Waals surface area contributed by atoms with E-state index >= 15 is 0 Å². The molecule has 2 aromatic carbocycles. The number of amides is 1. The molecule has 11 heteroatoms. The van der Waals surface area contributed by atoms with Gasteiger partial charge in [-0.15, -0.1) is 0 Å². The molecule has 2 atom stereocenters. The van der Waals surface area contributed by atoms with E-state index in [0.29, 0.717) is 40.7 Å². The van der Waals surface area contributed by atoms with E-state index in [1.54, 1.807) is 18.2 Å². The van der Waals surface area contributed by atoms with E-state index in [1.165, 1.54) is 24.3 Å². The number of halogens is 4. The molecule has 1 fully saturated rings. The van der Waals surface area contributed by atoms with E-state index in [0.717, 1.165) is 18.2 Å². The number of fused-ring (bicyclic) bond motifs is 1. The number of likely N-dealkylation sites (N-methyl/N-ethyl adjacent to an activating group) is 1. The third-order valence-corrected chi connectivity index (χ3v) is 6.20. The Balaban J connectivity index is 0.00000107. The van der Waals surface area contributed by atoms with Gasteiger partial charge in [-0.05, 0) is 74.0 Å². The summed E-state index contributed by atoms with van der Waals surface area (Å²) in [6.07, 6.45) is -3.44. The van der Waals surface area contributed by atoms with Crippen molar-refractivity contribution in [2.45, 2.75) is 25.1 Å². The molecule has 0 saturated carbocycles. The molecule has 4 N–H and O–H groups in total. The Bertz CT molecular complexity index is 1480. The smallest absolute Gasteiger partial charge is 0.433 e. The molecule has 38 heavy (non-hydrogen) atoms. The first-order valence-corrected chi connectivity index (χ1v) is 11.6. The van der Waals surface area contributed by atoms with Crippen molar-refractivity contribution in [3.05, 3.63) is 82.9 Å². The van der Waals surface area contributed by atoms with Gasteiger partial charge in [0, 0.05) is 28.8 Å². The minimum atomic E-state index is -4.60. The van der Waals surface area contributed by atoms with Gasteiger partial charge in [0.1, 0.15) is 34.2 Å². The fourth-order valence-electron chi connectivity index (χ4n) is 4.22. The molecule has 0 spiro atoms. The number of primary amides is 1. The number of benzene rings is 2. The van der Waals surface area contributed by atoms with Gasteiger partial charge in [-0.25, -0.2) is 14.4 Å². The topological polar surface area (TPSA) is 112 Å². The SMILES string of the molecule is CN1CC1c1cc(CCc2cc(O)c3nc(C(F)(F)F)ccc3c2)nc(-c2ccc(F)cc2)c1O.NC=O. The highest BCUT2D eigenvalue weighted by atomic mass is 19.4. The molecule has 0 aliphatic carbocycles.